The molecule has 12 heteroatoms. The van der Waals surface area contributed by atoms with Gasteiger partial charge in [-0.05, 0) is 19.4 Å². The summed E-state index contributed by atoms with van der Waals surface area (Å²) < 4.78 is 16.7. The van der Waals surface area contributed by atoms with Crippen molar-refractivity contribution >= 4 is 17.7 Å². The van der Waals surface area contributed by atoms with Gasteiger partial charge in [0.2, 0.25) is 0 Å². The number of ether oxygens (including phenoxy) is 3. The van der Waals surface area contributed by atoms with E-state index in [0.29, 0.717) is 0 Å². The van der Waals surface area contributed by atoms with Gasteiger partial charge in [0.1, 0.15) is 23.4 Å². The van der Waals surface area contributed by atoms with Crippen molar-refractivity contribution in [1.82, 2.24) is 0 Å². The molecule has 1 saturated heterocycles. The average molecular weight is 498 g/mol. The van der Waals surface area contributed by atoms with E-state index in [1.54, 1.807) is 0 Å². The van der Waals surface area contributed by atoms with Gasteiger partial charge in [0.05, 0.1) is 24.9 Å². The molecule has 1 aliphatic heterocycles. The summed E-state index contributed by atoms with van der Waals surface area (Å²) in [5.41, 5.74) is -8.07. The summed E-state index contributed by atoms with van der Waals surface area (Å²) >= 11 is 0. The third-order valence-electron chi connectivity index (χ3n) is 8.26. The Morgan fingerprint density at radius 1 is 1.34 bits per heavy atom. The number of esters is 2. The van der Waals surface area contributed by atoms with Crippen molar-refractivity contribution in [2.24, 2.45) is 17.8 Å². The molecular weight excluding hydrogens is 468 g/mol. The summed E-state index contributed by atoms with van der Waals surface area (Å²) in [7, 11) is 0. The molecule has 6 N–H and O–H groups in total. The highest BCUT2D eigenvalue weighted by molar-refractivity contribution is 6.01. The zero-order valence-electron chi connectivity index (χ0n) is 19.2. The maximum atomic E-state index is 12.8. The van der Waals surface area contributed by atoms with Crippen molar-refractivity contribution in [1.29, 1.82) is 0 Å². The summed E-state index contributed by atoms with van der Waals surface area (Å²) in [5.74, 6) is -6.58. The van der Waals surface area contributed by atoms with Crippen LogP contribution in [0.25, 0.3) is 0 Å². The monoisotopic (exact) mass is 498 g/mol. The van der Waals surface area contributed by atoms with Crippen LogP contribution in [-0.2, 0) is 28.6 Å². The van der Waals surface area contributed by atoms with Crippen molar-refractivity contribution in [2.75, 3.05) is 13.2 Å². The Morgan fingerprint density at radius 2 is 2.00 bits per heavy atom. The number of hydrogen-bond acceptors (Lipinski definition) is 12. The Kier molecular flexibility index (Phi) is 6.04. The van der Waals surface area contributed by atoms with Crippen LogP contribution in [0.3, 0.4) is 0 Å². The van der Waals surface area contributed by atoms with Crippen LogP contribution in [0, 0.1) is 17.8 Å². The number of carbonyl (C=O) groups excluding carboxylic acids is 3. The van der Waals surface area contributed by atoms with Gasteiger partial charge in [-0.3, -0.25) is 4.79 Å². The fourth-order valence-electron chi connectivity index (χ4n) is 6.42. The molecule has 1 heterocycles. The SMILES string of the molecule is C=CC(=O)OC1C(C)C2(O)C(CC1(C)OC(=O)C(O)CO)C1OC1(CO)C(O)C1(O)C(=O)C=CC12. The minimum absolute atomic E-state index is 0.277. The summed E-state index contributed by atoms with van der Waals surface area (Å²) in [6.07, 6.45) is -3.36. The van der Waals surface area contributed by atoms with Gasteiger partial charge in [0.15, 0.2) is 17.5 Å². The highest BCUT2D eigenvalue weighted by Gasteiger charge is 2.82. The van der Waals surface area contributed by atoms with Gasteiger partial charge in [-0.25, -0.2) is 9.59 Å². The first-order valence-electron chi connectivity index (χ1n) is 11.3. The number of carbonyl (C=O) groups is 3. The van der Waals surface area contributed by atoms with Crippen LogP contribution in [0.2, 0.25) is 0 Å². The smallest absolute Gasteiger partial charge is 0.338 e. The molecule has 3 fully saturated rings. The van der Waals surface area contributed by atoms with E-state index in [0.717, 1.165) is 12.2 Å². The van der Waals surface area contributed by atoms with E-state index < -0.39 is 95.5 Å². The Labute approximate surface area is 200 Å². The lowest BCUT2D eigenvalue weighted by Gasteiger charge is -2.57. The van der Waals surface area contributed by atoms with E-state index in [-0.39, 0.29) is 6.42 Å². The van der Waals surface area contributed by atoms with Crippen LogP contribution >= 0.6 is 0 Å². The number of fused-ring (bicyclic) bond motifs is 5. The van der Waals surface area contributed by atoms with Crippen LogP contribution in [0.5, 0.6) is 0 Å². The van der Waals surface area contributed by atoms with E-state index in [9.17, 15) is 39.9 Å². The highest BCUT2D eigenvalue weighted by atomic mass is 16.6. The summed E-state index contributed by atoms with van der Waals surface area (Å²) in [4.78, 5) is 37.4. The molecule has 4 aliphatic rings. The van der Waals surface area contributed by atoms with Gasteiger partial charge < -0.3 is 44.8 Å². The summed E-state index contributed by atoms with van der Waals surface area (Å²) in [6, 6.07) is 0. The standard InChI is InChI=1S/C23H30O12/c1-4-15(28)33-16-10(2)22(31)11(7-20(16,3)35-18(29)12(26)8-24)17-21(9-25,34-17)19(30)23(32)13(22)5-6-14(23)27/h4-6,10-13,16-17,19,24-26,30-32H,1,7-9H2,2-3H3. The third-order valence-corrected chi connectivity index (χ3v) is 8.26. The highest BCUT2D eigenvalue weighted by Crippen LogP contribution is 2.64. The Bertz CT molecular complexity index is 980. The first kappa shape index (κ1) is 25.9. The summed E-state index contributed by atoms with van der Waals surface area (Å²) in [6.45, 7) is 4.49. The number of rotatable bonds is 6. The van der Waals surface area contributed by atoms with Crippen molar-refractivity contribution in [3.05, 3.63) is 24.8 Å². The van der Waals surface area contributed by atoms with E-state index in [2.05, 4.69) is 6.58 Å². The third kappa shape index (κ3) is 3.28. The Balaban J connectivity index is 1.86. The van der Waals surface area contributed by atoms with Crippen LogP contribution in [-0.4, -0.2) is 108 Å². The van der Waals surface area contributed by atoms with Gasteiger partial charge in [0.25, 0.3) is 0 Å². The lowest BCUT2D eigenvalue weighted by Crippen LogP contribution is -2.70. The number of epoxide rings is 1. The number of aliphatic hydroxyl groups excluding tert-OH is 4. The average Bonchev–Trinajstić information content (AvgIpc) is 3.50. The van der Waals surface area contributed by atoms with E-state index >= 15 is 0 Å². The molecule has 0 amide bonds. The van der Waals surface area contributed by atoms with Crippen molar-refractivity contribution in [3.8, 4) is 0 Å². The lowest BCUT2D eigenvalue weighted by atomic mass is 9.55. The Hall–Kier alpha value is -2.19. The first-order valence-corrected chi connectivity index (χ1v) is 11.3. The molecule has 0 bridgehead atoms. The van der Waals surface area contributed by atoms with Gasteiger partial charge >= 0.3 is 11.9 Å². The number of aliphatic hydroxyl groups is 6. The molecule has 11 atom stereocenters. The molecule has 0 aromatic heterocycles. The zero-order valence-corrected chi connectivity index (χ0v) is 19.2. The van der Waals surface area contributed by atoms with Crippen molar-refractivity contribution in [3.63, 3.8) is 0 Å². The molecule has 194 valence electrons. The normalized spacial score (nSPS) is 48.6. The maximum absolute atomic E-state index is 12.8. The zero-order chi connectivity index (χ0) is 26.1. The Morgan fingerprint density at radius 3 is 2.57 bits per heavy atom. The van der Waals surface area contributed by atoms with Gasteiger partial charge in [-0.1, -0.05) is 19.6 Å². The molecule has 11 unspecified atom stereocenters. The van der Waals surface area contributed by atoms with E-state index in [1.807, 2.05) is 0 Å². The predicted molar refractivity (Wildman–Crippen MR) is 113 cm³/mol. The van der Waals surface area contributed by atoms with Crippen molar-refractivity contribution in [2.45, 2.75) is 67.1 Å². The molecule has 0 aromatic rings. The van der Waals surface area contributed by atoms with Crippen LogP contribution < -0.4 is 0 Å². The summed E-state index contributed by atoms with van der Waals surface area (Å²) in [5, 5.41) is 63.8. The van der Waals surface area contributed by atoms with Gasteiger partial charge in [-0.15, -0.1) is 0 Å². The molecule has 0 radical (unpaired) electrons. The topological polar surface area (TPSA) is 204 Å². The molecule has 4 rings (SSSR count). The number of ketones is 1. The second kappa shape index (κ2) is 8.17. The van der Waals surface area contributed by atoms with Gasteiger partial charge in [0, 0.05) is 23.8 Å². The van der Waals surface area contributed by atoms with Gasteiger partial charge in [-0.2, -0.15) is 0 Å². The molecule has 2 saturated carbocycles. The second-order valence-electron chi connectivity index (χ2n) is 10.1. The van der Waals surface area contributed by atoms with Crippen LogP contribution in [0.15, 0.2) is 24.8 Å². The minimum atomic E-state index is -2.54. The molecule has 3 aliphatic carbocycles. The predicted octanol–water partition coefficient (Wildman–Crippen LogP) is -2.88. The van der Waals surface area contributed by atoms with Crippen molar-refractivity contribution < 1.29 is 59.2 Å². The largest absolute Gasteiger partial charge is 0.455 e. The molecule has 35 heavy (non-hydrogen) atoms. The van der Waals surface area contributed by atoms with Crippen LogP contribution in [0.4, 0.5) is 0 Å². The molecule has 0 spiro atoms. The van der Waals surface area contributed by atoms with Crippen LogP contribution in [0.1, 0.15) is 20.3 Å². The number of hydrogen-bond donors (Lipinski definition) is 6. The first-order chi connectivity index (χ1) is 16.3. The van der Waals surface area contributed by atoms with E-state index in [1.165, 1.54) is 19.9 Å². The minimum Gasteiger partial charge on any atom is -0.455 e. The maximum Gasteiger partial charge on any atom is 0.338 e. The lowest BCUT2D eigenvalue weighted by molar-refractivity contribution is -0.263. The second-order valence-corrected chi connectivity index (χ2v) is 10.1. The molecular formula is C23H30O12. The fraction of sp³-hybridized carbons (Fsp3) is 0.696. The molecule has 12 nitrogen and oxygen atoms in total. The fourth-order valence-corrected chi connectivity index (χ4v) is 6.42. The quantitative estimate of drug-likeness (QED) is 0.124. The molecule has 0 aromatic carbocycles. The van der Waals surface area contributed by atoms with E-state index in [4.69, 9.17) is 19.3 Å².